The molecule has 2 heterocycles. The zero-order chi connectivity index (χ0) is 16.3. The SMILES string of the molecule is Cc1cc(C)c2c(C)c(C(=O)NCCCOC(C)C)sc2n1. The van der Waals surface area contributed by atoms with Gasteiger partial charge in [-0.05, 0) is 58.2 Å². The predicted octanol–water partition coefficient (Wildman–Crippen LogP) is 3.77. The minimum atomic E-state index is -0.0119. The number of aryl methyl sites for hydroxylation is 3. The Morgan fingerprint density at radius 1 is 1.36 bits per heavy atom. The molecule has 1 amide bonds. The summed E-state index contributed by atoms with van der Waals surface area (Å²) in [5.41, 5.74) is 3.20. The number of ether oxygens (including phenoxy) is 1. The molecule has 0 saturated carbocycles. The van der Waals surface area contributed by atoms with Gasteiger partial charge in [-0.1, -0.05) is 0 Å². The molecule has 0 fully saturated rings. The Labute approximate surface area is 135 Å². The highest BCUT2D eigenvalue weighted by molar-refractivity contribution is 7.20. The highest BCUT2D eigenvalue weighted by atomic mass is 32.1. The molecule has 2 aromatic rings. The van der Waals surface area contributed by atoms with Gasteiger partial charge in [0.15, 0.2) is 0 Å². The molecule has 22 heavy (non-hydrogen) atoms. The van der Waals surface area contributed by atoms with E-state index in [1.165, 1.54) is 16.9 Å². The molecule has 0 aliphatic rings. The monoisotopic (exact) mass is 320 g/mol. The third kappa shape index (κ3) is 3.84. The van der Waals surface area contributed by atoms with Gasteiger partial charge < -0.3 is 10.1 Å². The Morgan fingerprint density at radius 3 is 2.77 bits per heavy atom. The second-order valence-electron chi connectivity index (χ2n) is 5.85. The molecule has 1 N–H and O–H groups in total. The zero-order valence-corrected chi connectivity index (χ0v) is 14.8. The molecule has 2 rings (SSSR count). The van der Waals surface area contributed by atoms with E-state index >= 15 is 0 Å². The fourth-order valence-corrected chi connectivity index (χ4v) is 3.73. The number of thiophene rings is 1. The number of rotatable bonds is 6. The maximum atomic E-state index is 12.4. The molecule has 0 aliphatic heterocycles. The number of amides is 1. The molecule has 120 valence electrons. The average molecular weight is 320 g/mol. The number of pyridine rings is 1. The van der Waals surface area contributed by atoms with Crippen molar-refractivity contribution in [3.8, 4) is 0 Å². The van der Waals surface area contributed by atoms with Crippen LogP contribution < -0.4 is 5.32 Å². The van der Waals surface area contributed by atoms with Crippen molar-refractivity contribution in [2.24, 2.45) is 0 Å². The van der Waals surface area contributed by atoms with E-state index in [2.05, 4.69) is 23.3 Å². The largest absolute Gasteiger partial charge is 0.379 e. The number of nitrogens with zero attached hydrogens (tertiary/aromatic N) is 1. The molecule has 0 saturated heterocycles. The number of fused-ring (bicyclic) bond motifs is 1. The van der Waals surface area contributed by atoms with E-state index in [1.54, 1.807) is 0 Å². The van der Waals surface area contributed by atoms with Crippen LogP contribution in [-0.4, -0.2) is 30.1 Å². The molecule has 5 heteroatoms. The first kappa shape index (κ1) is 16.9. The van der Waals surface area contributed by atoms with E-state index in [9.17, 15) is 4.79 Å². The summed E-state index contributed by atoms with van der Waals surface area (Å²) in [7, 11) is 0. The van der Waals surface area contributed by atoms with E-state index in [0.29, 0.717) is 13.2 Å². The van der Waals surface area contributed by atoms with Crippen LogP contribution in [-0.2, 0) is 4.74 Å². The highest BCUT2D eigenvalue weighted by Gasteiger charge is 2.17. The van der Waals surface area contributed by atoms with Gasteiger partial charge in [-0.25, -0.2) is 4.98 Å². The van der Waals surface area contributed by atoms with Gasteiger partial charge >= 0.3 is 0 Å². The molecule has 0 unspecified atom stereocenters. The van der Waals surface area contributed by atoms with E-state index in [0.717, 1.165) is 32.8 Å². The Kier molecular flexibility index (Phi) is 5.53. The number of hydrogen-bond acceptors (Lipinski definition) is 4. The van der Waals surface area contributed by atoms with Gasteiger partial charge in [-0.3, -0.25) is 4.79 Å². The smallest absolute Gasteiger partial charge is 0.261 e. The molecular weight excluding hydrogens is 296 g/mol. The van der Waals surface area contributed by atoms with Gasteiger partial charge in [0.25, 0.3) is 5.91 Å². The van der Waals surface area contributed by atoms with Crippen LogP contribution in [0.3, 0.4) is 0 Å². The maximum absolute atomic E-state index is 12.4. The lowest BCUT2D eigenvalue weighted by atomic mass is 10.1. The van der Waals surface area contributed by atoms with Crippen LogP contribution in [0, 0.1) is 20.8 Å². The van der Waals surface area contributed by atoms with Crippen molar-refractivity contribution in [3.05, 3.63) is 27.8 Å². The summed E-state index contributed by atoms with van der Waals surface area (Å²) in [6.45, 7) is 11.4. The molecule has 0 aliphatic carbocycles. The van der Waals surface area contributed by atoms with Crippen LogP contribution in [0.5, 0.6) is 0 Å². The van der Waals surface area contributed by atoms with Crippen molar-refractivity contribution < 1.29 is 9.53 Å². The average Bonchev–Trinajstić information content (AvgIpc) is 2.75. The first-order chi connectivity index (χ1) is 10.4. The van der Waals surface area contributed by atoms with Crippen molar-refractivity contribution in [2.45, 2.75) is 47.1 Å². The summed E-state index contributed by atoms with van der Waals surface area (Å²) in [6.07, 6.45) is 1.06. The normalized spacial score (nSPS) is 11.4. The van der Waals surface area contributed by atoms with Crippen LogP contribution in [0.15, 0.2) is 6.07 Å². The quantitative estimate of drug-likeness (QED) is 0.824. The molecule has 2 aromatic heterocycles. The Balaban J connectivity index is 2.06. The topological polar surface area (TPSA) is 51.2 Å². The van der Waals surface area contributed by atoms with Gasteiger partial charge in [0.2, 0.25) is 0 Å². The number of aromatic nitrogens is 1. The van der Waals surface area contributed by atoms with Gasteiger partial charge in [0, 0.05) is 24.2 Å². The van der Waals surface area contributed by atoms with E-state index in [1.807, 2.05) is 27.7 Å². The third-order valence-corrected chi connectivity index (χ3v) is 4.67. The summed E-state index contributed by atoms with van der Waals surface area (Å²) in [5, 5.41) is 4.09. The fourth-order valence-electron chi connectivity index (χ4n) is 2.51. The first-order valence-corrected chi connectivity index (χ1v) is 8.49. The Bertz CT molecular complexity index is 677. The van der Waals surface area contributed by atoms with Crippen LogP contribution in [0.2, 0.25) is 0 Å². The lowest BCUT2D eigenvalue weighted by Gasteiger charge is -2.08. The summed E-state index contributed by atoms with van der Waals surface area (Å²) in [5.74, 6) is -0.0119. The van der Waals surface area contributed by atoms with Gasteiger partial charge in [-0.15, -0.1) is 11.3 Å². The van der Waals surface area contributed by atoms with Crippen molar-refractivity contribution >= 4 is 27.5 Å². The molecule has 0 spiro atoms. The van der Waals surface area contributed by atoms with Crippen LogP contribution in [0.25, 0.3) is 10.2 Å². The first-order valence-electron chi connectivity index (χ1n) is 7.67. The molecular formula is C17H24N2O2S. The van der Waals surface area contributed by atoms with E-state index < -0.39 is 0 Å². The summed E-state index contributed by atoms with van der Waals surface area (Å²) < 4.78 is 5.47. The maximum Gasteiger partial charge on any atom is 0.261 e. The summed E-state index contributed by atoms with van der Waals surface area (Å²) in [6, 6.07) is 2.06. The van der Waals surface area contributed by atoms with Crippen molar-refractivity contribution in [1.82, 2.24) is 10.3 Å². The van der Waals surface area contributed by atoms with Gasteiger partial charge in [0.05, 0.1) is 11.0 Å². The van der Waals surface area contributed by atoms with Crippen LogP contribution in [0.4, 0.5) is 0 Å². The van der Waals surface area contributed by atoms with Crippen LogP contribution >= 0.6 is 11.3 Å². The third-order valence-electron chi connectivity index (χ3n) is 3.49. The van der Waals surface area contributed by atoms with E-state index in [-0.39, 0.29) is 12.0 Å². The minimum absolute atomic E-state index is 0.0119. The minimum Gasteiger partial charge on any atom is -0.379 e. The highest BCUT2D eigenvalue weighted by Crippen LogP contribution is 2.32. The Hall–Kier alpha value is -1.46. The predicted molar refractivity (Wildman–Crippen MR) is 91.9 cm³/mol. The van der Waals surface area contributed by atoms with Gasteiger partial charge in [0.1, 0.15) is 4.83 Å². The number of nitrogens with one attached hydrogen (secondary N) is 1. The Morgan fingerprint density at radius 2 is 2.09 bits per heavy atom. The standard InChI is InChI=1S/C17H24N2O2S/c1-10(2)21-8-6-7-18-16(20)15-13(5)14-11(3)9-12(4)19-17(14)22-15/h9-10H,6-8H2,1-5H3,(H,18,20). The van der Waals surface area contributed by atoms with Crippen molar-refractivity contribution in [3.63, 3.8) is 0 Å². The lowest BCUT2D eigenvalue weighted by molar-refractivity contribution is 0.0757. The second kappa shape index (κ2) is 7.20. The molecule has 0 atom stereocenters. The number of hydrogen-bond donors (Lipinski definition) is 1. The summed E-state index contributed by atoms with van der Waals surface area (Å²) in [4.78, 5) is 18.6. The molecule has 0 bridgehead atoms. The number of carbonyl (C=O) groups is 1. The fraction of sp³-hybridized carbons (Fsp3) is 0.529. The molecule has 4 nitrogen and oxygen atoms in total. The van der Waals surface area contributed by atoms with Crippen molar-refractivity contribution in [1.29, 1.82) is 0 Å². The number of carbonyl (C=O) groups excluding carboxylic acids is 1. The van der Waals surface area contributed by atoms with Crippen molar-refractivity contribution in [2.75, 3.05) is 13.2 Å². The summed E-state index contributed by atoms with van der Waals surface area (Å²) >= 11 is 1.47. The zero-order valence-electron chi connectivity index (χ0n) is 13.9. The van der Waals surface area contributed by atoms with Crippen LogP contribution in [0.1, 0.15) is 46.8 Å². The van der Waals surface area contributed by atoms with Gasteiger partial charge in [-0.2, -0.15) is 0 Å². The molecule has 0 radical (unpaired) electrons. The van der Waals surface area contributed by atoms with E-state index in [4.69, 9.17) is 4.74 Å². The second-order valence-corrected chi connectivity index (χ2v) is 6.84. The molecule has 0 aromatic carbocycles. The lowest BCUT2D eigenvalue weighted by Crippen LogP contribution is -2.25.